The highest BCUT2D eigenvalue weighted by Gasteiger charge is 2.22. The molecule has 1 aliphatic rings. The highest BCUT2D eigenvalue weighted by atomic mass is 35.5. The predicted octanol–water partition coefficient (Wildman–Crippen LogP) is 1.71. The minimum absolute atomic E-state index is 0.0488. The fraction of sp³-hybridized carbons (Fsp3) is 0.429. The maximum atomic E-state index is 11.9. The maximum absolute atomic E-state index is 11.9. The molecule has 0 unspecified atom stereocenters. The van der Waals surface area contributed by atoms with Crippen LogP contribution in [0, 0.1) is 0 Å². The molecular weight excluding hydrogens is 278 g/mol. The Morgan fingerprint density at radius 3 is 2.75 bits per heavy atom. The van der Waals surface area contributed by atoms with E-state index in [0.717, 1.165) is 12.8 Å². The monoisotopic (exact) mass is 295 g/mol. The first kappa shape index (κ1) is 14.7. The molecule has 1 saturated carbocycles. The molecule has 0 bridgehead atoms. The summed E-state index contributed by atoms with van der Waals surface area (Å²) in [5.41, 5.74) is 6.48. The highest BCUT2D eigenvalue weighted by molar-refractivity contribution is 6.31. The second-order valence-electron chi connectivity index (χ2n) is 4.93. The van der Waals surface area contributed by atoms with Crippen LogP contribution in [0.5, 0.6) is 0 Å². The second kappa shape index (κ2) is 6.61. The van der Waals surface area contributed by atoms with E-state index in [9.17, 15) is 9.59 Å². The van der Waals surface area contributed by atoms with Gasteiger partial charge in [-0.2, -0.15) is 0 Å². The summed E-state index contributed by atoms with van der Waals surface area (Å²) >= 11 is 5.77. The molecule has 2 rings (SSSR count). The quantitative estimate of drug-likeness (QED) is 0.552. The lowest BCUT2D eigenvalue weighted by molar-refractivity contribution is -0.121. The normalized spacial score (nSPS) is 13.8. The van der Waals surface area contributed by atoms with Crippen LogP contribution in [-0.2, 0) is 4.79 Å². The van der Waals surface area contributed by atoms with Gasteiger partial charge in [0.25, 0.3) is 5.91 Å². The highest BCUT2D eigenvalue weighted by Crippen LogP contribution is 2.19. The Bertz CT molecular complexity index is 515. The number of benzene rings is 1. The van der Waals surface area contributed by atoms with Crippen molar-refractivity contribution in [3.05, 3.63) is 28.8 Å². The number of rotatable bonds is 6. The molecule has 1 aliphatic carbocycles. The summed E-state index contributed by atoms with van der Waals surface area (Å²) in [5, 5.41) is 6.14. The van der Waals surface area contributed by atoms with Crippen molar-refractivity contribution in [2.24, 2.45) is 0 Å². The van der Waals surface area contributed by atoms with Crippen LogP contribution >= 0.6 is 11.6 Å². The number of hydrogen-bond acceptors (Lipinski definition) is 3. The number of amides is 2. The van der Waals surface area contributed by atoms with Crippen LogP contribution in [0.1, 0.15) is 36.0 Å². The molecule has 0 radical (unpaired) electrons. The summed E-state index contributed by atoms with van der Waals surface area (Å²) in [7, 11) is 0. The standard InChI is InChI=1S/C14H18ClN3O2/c15-9-3-6-11(12(16)8-9)14(20)17-7-1-2-13(19)18-10-4-5-10/h3,6,8,10H,1-2,4-5,7,16H2,(H,17,20)(H,18,19). The number of nitrogens with two attached hydrogens (primary N) is 1. The Kier molecular flexibility index (Phi) is 4.84. The van der Waals surface area contributed by atoms with Crippen LogP contribution in [0.15, 0.2) is 18.2 Å². The van der Waals surface area contributed by atoms with Gasteiger partial charge < -0.3 is 16.4 Å². The summed E-state index contributed by atoms with van der Waals surface area (Å²) in [6.45, 7) is 0.443. The van der Waals surface area contributed by atoms with Gasteiger partial charge in [-0.05, 0) is 37.5 Å². The summed E-state index contributed by atoms with van der Waals surface area (Å²) in [5.74, 6) is -0.200. The first-order valence-corrected chi connectivity index (χ1v) is 7.06. The van der Waals surface area contributed by atoms with Crippen LogP contribution in [0.25, 0.3) is 0 Å². The molecule has 1 aromatic rings. The van der Waals surface area contributed by atoms with Gasteiger partial charge in [0, 0.05) is 29.7 Å². The van der Waals surface area contributed by atoms with Crippen molar-refractivity contribution in [2.45, 2.75) is 31.7 Å². The molecule has 0 atom stereocenters. The first-order valence-electron chi connectivity index (χ1n) is 6.69. The number of nitrogen functional groups attached to an aromatic ring is 1. The SMILES string of the molecule is Nc1cc(Cl)ccc1C(=O)NCCCC(=O)NC1CC1. The molecule has 0 aliphatic heterocycles. The average Bonchev–Trinajstić information content (AvgIpc) is 3.18. The third kappa shape index (κ3) is 4.42. The van der Waals surface area contributed by atoms with Gasteiger partial charge in [-0.25, -0.2) is 0 Å². The van der Waals surface area contributed by atoms with Crippen molar-refractivity contribution < 1.29 is 9.59 Å². The molecule has 0 aromatic heterocycles. The molecule has 0 heterocycles. The van der Waals surface area contributed by atoms with E-state index in [1.165, 1.54) is 0 Å². The van der Waals surface area contributed by atoms with E-state index in [1.54, 1.807) is 18.2 Å². The molecule has 2 amide bonds. The minimum atomic E-state index is -0.248. The third-order valence-electron chi connectivity index (χ3n) is 3.07. The van der Waals surface area contributed by atoms with Gasteiger partial charge >= 0.3 is 0 Å². The number of anilines is 1. The lowest BCUT2D eigenvalue weighted by Crippen LogP contribution is -2.28. The Labute approximate surface area is 122 Å². The summed E-state index contributed by atoms with van der Waals surface area (Å²) in [6.07, 6.45) is 3.20. The van der Waals surface area contributed by atoms with E-state index in [0.29, 0.717) is 41.7 Å². The van der Waals surface area contributed by atoms with Crippen molar-refractivity contribution in [3.63, 3.8) is 0 Å². The van der Waals surface area contributed by atoms with Crippen LogP contribution < -0.4 is 16.4 Å². The van der Waals surface area contributed by atoms with Crippen LogP contribution in [0.3, 0.4) is 0 Å². The van der Waals surface area contributed by atoms with Crippen molar-refractivity contribution in [1.82, 2.24) is 10.6 Å². The van der Waals surface area contributed by atoms with Gasteiger partial charge in [0.2, 0.25) is 5.91 Å². The molecule has 20 heavy (non-hydrogen) atoms. The van der Waals surface area contributed by atoms with Crippen LogP contribution in [-0.4, -0.2) is 24.4 Å². The minimum Gasteiger partial charge on any atom is -0.398 e. The zero-order valence-corrected chi connectivity index (χ0v) is 11.9. The second-order valence-corrected chi connectivity index (χ2v) is 5.37. The van der Waals surface area contributed by atoms with E-state index < -0.39 is 0 Å². The van der Waals surface area contributed by atoms with Gasteiger partial charge in [-0.1, -0.05) is 11.6 Å². The predicted molar refractivity (Wildman–Crippen MR) is 78.6 cm³/mol. The van der Waals surface area contributed by atoms with Gasteiger partial charge in [0.05, 0.1) is 5.56 Å². The maximum Gasteiger partial charge on any atom is 0.253 e. The Balaban J connectivity index is 1.70. The summed E-state index contributed by atoms with van der Waals surface area (Å²) in [6, 6.07) is 5.13. The van der Waals surface area contributed by atoms with E-state index >= 15 is 0 Å². The van der Waals surface area contributed by atoms with Crippen LogP contribution in [0.4, 0.5) is 5.69 Å². The van der Waals surface area contributed by atoms with Gasteiger partial charge in [-0.3, -0.25) is 9.59 Å². The first-order chi connectivity index (χ1) is 9.56. The number of halogens is 1. The van der Waals surface area contributed by atoms with Crippen molar-refractivity contribution in [1.29, 1.82) is 0 Å². The van der Waals surface area contributed by atoms with E-state index in [2.05, 4.69) is 10.6 Å². The number of carbonyl (C=O) groups is 2. The average molecular weight is 296 g/mol. The smallest absolute Gasteiger partial charge is 0.253 e. The van der Waals surface area contributed by atoms with Crippen molar-refractivity contribution in [2.75, 3.05) is 12.3 Å². The van der Waals surface area contributed by atoms with E-state index in [4.69, 9.17) is 17.3 Å². The van der Waals surface area contributed by atoms with E-state index in [-0.39, 0.29) is 11.8 Å². The van der Waals surface area contributed by atoms with Crippen LogP contribution in [0.2, 0.25) is 5.02 Å². The third-order valence-corrected chi connectivity index (χ3v) is 3.30. The molecule has 0 spiro atoms. The molecule has 5 nitrogen and oxygen atoms in total. The number of hydrogen-bond donors (Lipinski definition) is 3. The lowest BCUT2D eigenvalue weighted by atomic mass is 10.1. The topological polar surface area (TPSA) is 84.2 Å². The molecule has 0 saturated heterocycles. The lowest BCUT2D eigenvalue weighted by Gasteiger charge is -2.08. The van der Waals surface area contributed by atoms with Gasteiger partial charge in [0.15, 0.2) is 0 Å². The Morgan fingerprint density at radius 2 is 2.10 bits per heavy atom. The van der Waals surface area contributed by atoms with Crippen molar-refractivity contribution >= 4 is 29.1 Å². The molecule has 1 fully saturated rings. The Morgan fingerprint density at radius 1 is 1.35 bits per heavy atom. The molecule has 6 heteroatoms. The van der Waals surface area contributed by atoms with Gasteiger partial charge in [0.1, 0.15) is 0 Å². The molecule has 4 N–H and O–H groups in total. The fourth-order valence-electron chi connectivity index (χ4n) is 1.81. The molecular formula is C14H18ClN3O2. The number of carbonyl (C=O) groups excluding carboxylic acids is 2. The Hall–Kier alpha value is -1.75. The van der Waals surface area contributed by atoms with E-state index in [1.807, 2.05) is 0 Å². The fourth-order valence-corrected chi connectivity index (χ4v) is 1.99. The molecule has 1 aromatic carbocycles. The van der Waals surface area contributed by atoms with Gasteiger partial charge in [-0.15, -0.1) is 0 Å². The largest absolute Gasteiger partial charge is 0.398 e. The molecule has 108 valence electrons. The summed E-state index contributed by atoms with van der Waals surface area (Å²) < 4.78 is 0. The van der Waals surface area contributed by atoms with Crippen molar-refractivity contribution in [3.8, 4) is 0 Å². The summed E-state index contributed by atoms with van der Waals surface area (Å²) in [4.78, 5) is 23.3. The zero-order valence-electron chi connectivity index (χ0n) is 11.1. The zero-order chi connectivity index (χ0) is 14.5. The number of nitrogens with one attached hydrogen (secondary N) is 2.